The smallest absolute Gasteiger partial charge is 0.303 e. The second-order valence-electron chi connectivity index (χ2n) is 6.64. The SMILES string of the molecule is CC(C)(C)c1ccc(OCc2ncc(CCC(=O)O)c(=O)[nH]2)cc1. The Morgan fingerprint density at radius 2 is 1.92 bits per heavy atom. The lowest BCUT2D eigenvalue weighted by Gasteiger charge is -2.19. The Bertz CT molecular complexity index is 758. The third-order valence-electron chi connectivity index (χ3n) is 3.63. The van der Waals surface area contributed by atoms with Crippen molar-refractivity contribution in [1.82, 2.24) is 9.97 Å². The molecular formula is C18H22N2O4. The van der Waals surface area contributed by atoms with Crippen LogP contribution in [0.15, 0.2) is 35.3 Å². The van der Waals surface area contributed by atoms with E-state index in [0.29, 0.717) is 17.1 Å². The summed E-state index contributed by atoms with van der Waals surface area (Å²) in [6.07, 6.45) is 1.47. The Hall–Kier alpha value is -2.63. The molecule has 0 bridgehead atoms. The second-order valence-corrected chi connectivity index (χ2v) is 6.64. The van der Waals surface area contributed by atoms with Crippen molar-refractivity contribution in [2.45, 2.75) is 45.6 Å². The van der Waals surface area contributed by atoms with Gasteiger partial charge in [-0.1, -0.05) is 32.9 Å². The summed E-state index contributed by atoms with van der Waals surface area (Å²) in [5, 5.41) is 8.65. The van der Waals surface area contributed by atoms with Crippen molar-refractivity contribution in [3.63, 3.8) is 0 Å². The number of hydrogen-bond acceptors (Lipinski definition) is 4. The van der Waals surface area contributed by atoms with Crippen molar-refractivity contribution in [2.75, 3.05) is 0 Å². The van der Waals surface area contributed by atoms with Crippen LogP contribution in [0.3, 0.4) is 0 Å². The van der Waals surface area contributed by atoms with Gasteiger partial charge in [0.05, 0.1) is 0 Å². The van der Waals surface area contributed by atoms with Gasteiger partial charge in [-0.15, -0.1) is 0 Å². The van der Waals surface area contributed by atoms with Gasteiger partial charge in [0, 0.05) is 18.2 Å². The second kappa shape index (κ2) is 7.29. The Morgan fingerprint density at radius 3 is 2.46 bits per heavy atom. The van der Waals surface area contributed by atoms with Crippen LogP contribution in [0.2, 0.25) is 0 Å². The molecule has 6 nitrogen and oxygen atoms in total. The summed E-state index contributed by atoms with van der Waals surface area (Å²) in [6.45, 7) is 6.57. The van der Waals surface area contributed by atoms with Crippen LogP contribution >= 0.6 is 0 Å². The van der Waals surface area contributed by atoms with E-state index in [1.54, 1.807) is 0 Å². The Labute approximate surface area is 140 Å². The Balaban J connectivity index is 1.98. The fourth-order valence-corrected chi connectivity index (χ4v) is 2.15. The Morgan fingerprint density at radius 1 is 1.25 bits per heavy atom. The summed E-state index contributed by atoms with van der Waals surface area (Å²) in [6, 6.07) is 7.81. The van der Waals surface area contributed by atoms with Crippen molar-refractivity contribution >= 4 is 5.97 Å². The zero-order valence-electron chi connectivity index (χ0n) is 14.1. The highest BCUT2D eigenvalue weighted by atomic mass is 16.5. The van der Waals surface area contributed by atoms with Crippen molar-refractivity contribution in [1.29, 1.82) is 0 Å². The molecule has 0 aliphatic heterocycles. The predicted molar refractivity (Wildman–Crippen MR) is 90.3 cm³/mol. The molecule has 0 aliphatic carbocycles. The number of benzene rings is 1. The normalized spacial score (nSPS) is 11.3. The number of carboxylic acid groups (broad SMARTS) is 1. The van der Waals surface area contributed by atoms with Crippen molar-refractivity contribution in [3.8, 4) is 5.75 Å². The monoisotopic (exact) mass is 330 g/mol. The van der Waals surface area contributed by atoms with Crippen LogP contribution in [0, 0.1) is 0 Å². The fraction of sp³-hybridized carbons (Fsp3) is 0.389. The van der Waals surface area contributed by atoms with Crippen LogP contribution in [-0.4, -0.2) is 21.0 Å². The number of ether oxygens (including phenoxy) is 1. The predicted octanol–water partition coefficient (Wildman–Crippen LogP) is 2.66. The van der Waals surface area contributed by atoms with Crippen LogP contribution in [0.5, 0.6) is 5.75 Å². The molecule has 0 aliphatic rings. The molecule has 1 heterocycles. The van der Waals surface area contributed by atoms with Gasteiger partial charge in [-0.3, -0.25) is 9.59 Å². The maximum absolute atomic E-state index is 11.9. The van der Waals surface area contributed by atoms with Gasteiger partial charge < -0.3 is 14.8 Å². The minimum Gasteiger partial charge on any atom is -0.486 e. The number of carbonyl (C=O) groups is 1. The Kier molecular flexibility index (Phi) is 5.39. The number of aliphatic carboxylic acids is 1. The lowest BCUT2D eigenvalue weighted by atomic mass is 9.87. The van der Waals surface area contributed by atoms with Crippen molar-refractivity contribution in [3.05, 3.63) is 57.8 Å². The molecule has 0 spiro atoms. The molecule has 0 saturated carbocycles. The van der Waals surface area contributed by atoms with Gasteiger partial charge in [-0.25, -0.2) is 4.98 Å². The number of aryl methyl sites for hydroxylation is 1. The molecule has 0 atom stereocenters. The molecule has 2 aromatic rings. The number of nitrogens with zero attached hydrogens (tertiary/aromatic N) is 1. The lowest BCUT2D eigenvalue weighted by Crippen LogP contribution is -2.18. The molecule has 128 valence electrons. The van der Waals surface area contributed by atoms with Crippen molar-refractivity contribution in [2.24, 2.45) is 0 Å². The first-order valence-corrected chi connectivity index (χ1v) is 7.78. The summed E-state index contributed by atoms with van der Waals surface area (Å²) < 4.78 is 5.63. The number of rotatable bonds is 6. The van der Waals surface area contributed by atoms with E-state index < -0.39 is 5.97 Å². The van der Waals surface area contributed by atoms with E-state index in [0.717, 1.165) is 0 Å². The van der Waals surface area contributed by atoms with E-state index >= 15 is 0 Å². The van der Waals surface area contributed by atoms with Gasteiger partial charge >= 0.3 is 5.97 Å². The van der Waals surface area contributed by atoms with Gasteiger partial charge in [0.25, 0.3) is 5.56 Å². The van der Waals surface area contributed by atoms with Gasteiger partial charge in [0.15, 0.2) is 0 Å². The number of aromatic nitrogens is 2. The highest BCUT2D eigenvalue weighted by molar-refractivity contribution is 5.67. The molecule has 24 heavy (non-hydrogen) atoms. The van der Waals surface area contributed by atoms with E-state index in [4.69, 9.17) is 9.84 Å². The van der Waals surface area contributed by atoms with Gasteiger partial charge in [-0.2, -0.15) is 0 Å². The van der Waals surface area contributed by atoms with E-state index in [9.17, 15) is 9.59 Å². The van der Waals surface area contributed by atoms with Crippen LogP contribution < -0.4 is 10.3 Å². The average Bonchev–Trinajstić information content (AvgIpc) is 2.51. The molecule has 1 aromatic carbocycles. The average molecular weight is 330 g/mol. The minimum atomic E-state index is -0.944. The number of nitrogens with one attached hydrogen (secondary N) is 1. The van der Waals surface area contributed by atoms with Crippen LogP contribution in [0.1, 0.15) is 44.1 Å². The fourth-order valence-electron chi connectivity index (χ4n) is 2.15. The van der Waals surface area contributed by atoms with E-state index in [1.165, 1.54) is 11.8 Å². The molecule has 1 aromatic heterocycles. The number of carboxylic acids is 1. The summed E-state index contributed by atoms with van der Waals surface area (Å²) in [7, 11) is 0. The first-order chi connectivity index (χ1) is 11.3. The maximum Gasteiger partial charge on any atom is 0.303 e. The van der Waals surface area contributed by atoms with E-state index in [2.05, 4.69) is 30.7 Å². The first-order valence-electron chi connectivity index (χ1n) is 7.78. The lowest BCUT2D eigenvalue weighted by molar-refractivity contribution is -0.136. The maximum atomic E-state index is 11.9. The van der Waals surface area contributed by atoms with Gasteiger partial charge in [0.2, 0.25) is 0 Å². The molecule has 2 rings (SSSR count). The van der Waals surface area contributed by atoms with Crippen LogP contribution in [-0.2, 0) is 23.2 Å². The van der Waals surface area contributed by atoms with E-state index in [1.807, 2.05) is 24.3 Å². The van der Waals surface area contributed by atoms with E-state index in [-0.39, 0.29) is 30.4 Å². The van der Waals surface area contributed by atoms with Crippen molar-refractivity contribution < 1.29 is 14.6 Å². The molecule has 0 saturated heterocycles. The topological polar surface area (TPSA) is 92.3 Å². The zero-order chi connectivity index (χ0) is 17.7. The minimum absolute atomic E-state index is 0.0805. The molecule has 0 amide bonds. The molecule has 2 N–H and O–H groups in total. The van der Waals surface area contributed by atoms with Gasteiger partial charge in [0.1, 0.15) is 18.2 Å². The quantitative estimate of drug-likeness (QED) is 0.849. The van der Waals surface area contributed by atoms with Crippen LogP contribution in [0.25, 0.3) is 0 Å². The highest BCUT2D eigenvalue weighted by Gasteiger charge is 2.13. The molecular weight excluding hydrogens is 308 g/mol. The standard InChI is InChI=1S/C18H22N2O4/c1-18(2,3)13-5-7-14(8-6-13)24-11-15-19-10-12(17(23)20-15)4-9-16(21)22/h5-8,10H,4,9,11H2,1-3H3,(H,21,22)(H,19,20,23). The summed E-state index contributed by atoms with van der Waals surface area (Å²) >= 11 is 0. The molecule has 0 radical (unpaired) electrons. The third kappa shape index (κ3) is 4.94. The highest BCUT2D eigenvalue weighted by Crippen LogP contribution is 2.24. The summed E-state index contributed by atoms with van der Waals surface area (Å²) in [5.41, 5.74) is 1.32. The zero-order valence-corrected chi connectivity index (χ0v) is 14.1. The largest absolute Gasteiger partial charge is 0.486 e. The molecule has 0 fully saturated rings. The first kappa shape index (κ1) is 17.7. The van der Waals surface area contributed by atoms with Gasteiger partial charge in [-0.05, 0) is 29.5 Å². The summed E-state index contributed by atoms with van der Waals surface area (Å²) in [5.74, 6) is 0.153. The molecule has 0 unspecified atom stereocenters. The van der Waals surface area contributed by atoms with Crippen LogP contribution in [0.4, 0.5) is 0 Å². The number of H-pyrrole nitrogens is 1. The third-order valence-corrected chi connectivity index (χ3v) is 3.63. The summed E-state index contributed by atoms with van der Waals surface area (Å²) in [4.78, 5) is 29.2. The number of hydrogen-bond donors (Lipinski definition) is 2. The molecule has 6 heteroatoms. The number of aromatic amines is 1.